The summed E-state index contributed by atoms with van der Waals surface area (Å²) in [5.74, 6) is 0. The molecule has 0 amide bonds. The molecule has 0 spiro atoms. The van der Waals surface area contributed by atoms with Gasteiger partial charge in [-0.1, -0.05) is 13.0 Å². The van der Waals surface area contributed by atoms with E-state index < -0.39 is 0 Å². The number of aryl methyl sites for hydroxylation is 1. The van der Waals surface area contributed by atoms with Gasteiger partial charge in [0.1, 0.15) is 0 Å². The van der Waals surface area contributed by atoms with Crippen molar-refractivity contribution in [2.45, 2.75) is 30.5 Å². The van der Waals surface area contributed by atoms with Crippen molar-refractivity contribution >= 4 is 11.8 Å². The highest BCUT2D eigenvalue weighted by Gasteiger charge is 2.04. The summed E-state index contributed by atoms with van der Waals surface area (Å²) < 4.78 is 0. The van der Waals surface area contributed by atoms with E-state index in [9.17, 15) is 0 Å². The zero-order valence-electron chi connectivity index (χ0n) is 8.66. The van der Waals surface area contributed by atoms with Crippen molar-refractivity contribution in [1.82, 2.24) is 0 Å². The minimum Gasteiger partial charge on any atom is -0.395 e. The van der Waals surface area contributed by atoms with E-state index in [2.05, 4.69) is 25.1 Å². The number of nitrogens with two attached hydrogens (primary N) is 1. The molecular weight excluding hydrogens is 194 g/mol. The van der Waals surface area contributed by atoms with Gasteiger partial charge in [0.25, 0.3) is 0 Å². The Balaban J connectivity index is 2.76. The second-order valence-corrected chi connectivity index (χ2v) is 4.92. The fourth-order valence-corrected chi connectivity index (χ4v) is 2.17. The molecule has 0 fully saturated rings. The van der Waals surface area contributed by atoms with Crippen molar-refractivity contribution in [3.8, 4) is 0 Å². The Hall–Kier alpha value is -0.510. The van der Waals surface area contributed by atoms with Gasteiger partial charge in [0.15, 0.2) is 0 Å². The van der Waals surface area contributed by atoms with Crippen LogP contribution in [0.25, 0.3) is 0 Å². The van der Waals surface area contributed by atoms with Crippen LogP contribution in [-0.2, 0) is 6.54 Å². The van der Waals surface area contributed by atoms with Crippen molar-refractivity contribution < 1.29 is 5.11 Å². The normalized spacial score (nSPS) is 12.9. The molecule has 0 heterocycles. The maximum atomic E-state index is 8.93. The molecule has 0 saturated heterocycles. The van der Waals surface area contributed by atoms with Crippen LogP contribution in [0.5, 0.6) is 0 Å². The standard InChI is InChI=1S/C11H17NOS/c1-8-5-11(14-9(2)7-13)4-3-10(8)6-12/h3-5,9,13H,6-7,12H2,1-2H3. The van der Waals surface area contributed by atoms with E-state index in [1.54, 1.807) is 11.8 Å². The van der Waals surface area contributed by atoms with Crippen LogP contribution in [0.4, 0.5) is 0 Å². The molecule has 0 saturated carbocycles. The van der Waals surface area contributed by atoms with Gasteiger partial charge < -0.3 is 10.8 Å². The molecule has 1 atom stereocenters. The average molecular weight is 211 g/mol. The van der Waals surface area contributed by atoms with Gasteiger partial charge in [-0.25, -0.2) is 0 Å². The van der Waals surface area contributed by atoms with Gasteiger partial charge in [-0.15, -0.1) is 11.8 Å². The predicted molar refractivity (Wildman–Crippen MR) is 61.5 cm³/mol. The first kappa shape index (κ1) is 11.6. The Morgan fingerprint density at radius 1 is 1.50 bits per heavy atom. The molecule has 3 heteroatoms. The zero-order valence-corrected chi connectivity index (χ0v) is 9.47. The third-order valence-corrected chi connectivity index (χ3v) is 3.21. The van der Waals surface area contributed by atoms with Crippen LogP contribution >= 0.6 is 11.8 Å². The maximum absolute atomic E-state index is 8.93. The van der Waals surface area contributed by atoms with Gasteiger partial charge in [0.2, 0.25) is 0 Å². The van der Waals surface area contributed by atoms with Gasteiger partial charge in [-0.05, 0) is 30.2 Å². The molecule has 0 radical (unpaired) electrons. The second-order valence-electron chi connectivity index (χ2n) is 3.40. The van der Waals surface area contributed by atoms with E-state index in [1.165, 1.54) is 16.0 Å². The smallest absolute Gasteiger partial charge is 0.0550 e. The van der Waals surface area contributed by atoms with Crippen LogP contribution in [0.15, 0.2) is 23.1 Å². The fraction of sp³-hybridized carbons (Fsp3) is 0.455. The Morgan fingerprint density at radius 3 is 2.71 bits per heavy atom. The van der Waals surface area contributed by atoms with Gasteiger partial charge >= 0.3 is 0 Å². The minimum absolute atomic E-state index is 0.211. The molecule has 2 nitrogen and oxygen atoms in total. The summed E-state index contributed by atoms with van der Waals surface area (Å²) in [4.78, 5) is 1.20. The lowest BCUT2D eigenvalue weighted by atomic mass is 10.1. The molecule has 0 aliphatic carbocycles. The van der Waals surface area contributed by atoms with Crippen molar-refractivity contribution in [2.75, 3.05) is 6.61 Å². The molecule has 1 aromatic rings. The van der Waals surface area contributed by atoms with Crippen LogP contribution in [0, 0.1) is 6.92 Å². The molecule has 0 bridgehead atoms. The summed E-state index contributed by atoms with van der Waals surface area (Å²) in [6.45, 7) is 4.88. The van der Waals surface area contributed by atoms with Crippen LogP contribution in [-0.4, -0.2) is 17.0 Å². The highest BCUT2D eigenvalue weighted by atomic mass is 32.2. The largest absolute Gasteiger partial charge is 0.395 e. The third-order valence-electron chi connectivity index (χ3n) is 2.13. The molecular formula is C11H17NOS. The molecule has 3 N–H and O–H groups in total. The van der Waals surface area contributed by atoms with Crippen molar-refractivity contribution in [2.24, 2.45) is 5.73 Å². The van der Waals surface area contributed by atoms with E-state index in [0.29, 0.717) is 6.54 Å². The number of benzene rings is 1. The number of rotatable bonds is 4. The van der Waals surface area contributed by atoms with E-state index in [-0.39, 0.29) is 11.9 Å². The fourth-order valence-electron chi connectivity index (χ4n) is 1.24. The lowest BCUT2D eigenvalue weighted by Gasteiger charge is -2.09. The van der Waals surface area contributed by atoms with Gasteiger partial charge in [0, 0.05) is 16.7 Å². The number of aliphatic hydroxyl groups is 1. The first-order valence-electron chi connectivity index (χ1n) is 4.74. The Morgan fingerprint density at radius 2 is 2.21 bits per heavy atom. The van der Waals surface area contributed by atoms with Crippen molar-refractivity contribution in [1.29, 1.82) is 0 Å². The van der Waals surface area contributed by atoms with Crippen LogP contribution in [0.2, 0.25) is 0 Å². The molecule has 0 aliphatic rings. The van der Waals surface area contributed by atoms with Gasteiger partial charge in [-0.3, -0.25) is 0 Å². The summed E-state index contributed by atoms with van der Waals surface area (Å²) in [7, 11) is 0. The quantitative estimate of drug-likeness (QED) is 0.748. The Labute approximate surface area is 89.5 Å². The summed E-state index contributed by atoms with van der Waals surface area (Å²) in [6, 6.07) is 6.24. The number of hydrogen-bond donors (Lipinski definition) is 2. The highest BCUT2D eigenvalue weighted by molar-refractivity contribution is 8.00. The molecule has 14 heavy (non-hydrogen) atoms. The van der Waals surface area contributed by atoms with E-state index in [1.807, 2.05) is 6.92 Å². The van der Waals surface area contributed by atoms with Crippen molar-refractivity contribution in [3.05, 3.63) is 29.3 Å². The first-order valence-corrected chi connectivity index (χ1v) is 5.62. The van der Waals surface area contributed by atoms with Crippen molar-refractivity contribution in [3.63, 3.8) is 0 Å². The summed E-state index contributed by atoms with van der Waals surface area (Å²) >= 11 is 1.69. The molecule has 1 aromatic carbocycles. The summed E-state index contributed by atoms with van der Waals surface area (Å²) in [6.07, 6.45) is 0. The lowest BCUT2D eigenvalue weighted by molar-refractivity contribution is 0.300. The van der Waals surface area contributed by atoms with E-state index >= 15 is 0 Å². The summed E-state index contributed by atoms with van der Waals surface area (Å²) in [5, 5.41) is 9.17. The first-order chi connectivity index (χ1) is 6.67. The minimum atomic E-state index is 0.211. The monoisotopic (exact) mass is 211 g/mol. The lowest BCUT2D eigenvalue weighted by Crippen LogP contribution is -2.02. The molecule has 0 aliphatic heterocycles. The molecule has 0 aromatic heterocycles. The third kappa shape index (κ3) is 3.01. The number of thioether (sulfide) groups is 1. The topological polar surface area (TPSA) is 46.2 Å². The highest BCUT2D eigenvalue weighted by Crippen LogP contribution is 2.24. The Bertz CT molecular complexity index is 301. The average Bonchev–Trinajstić information content (AvgIpc) is 2.18. The predicted octanol–water partition coefficient (Wildman–Crippen LogP) is 1.93. The number of aliphatic hydroxyl groups excluding tert-OH is 1. The van der Waals surface area contributed by atoms with Gasteiger partial charge in [0.05, 0.1) is 6.61 Å². The van der Waals surface area contributed by atoms with E-state index in [0.717, 1.165) is 0 Å². The Kier molecular flexibility index (Phi) is 4.45. The van der Waals surface area contributed by atoms with Crippen LogP contribution in [0.3, 0.4) is 0 Å². The maximum Gasteiger partial charge on any atom is 0.0550 e. The SMILES string of the molecule is Cc1cc(SC(C)CO)ccc1CN. The molecule has 1 rings (SSSR count). The van der Waals surface area contributed by atoms with Gasteiger partial charge in [-0.2, -0.15) is 0 Å². The number of hydrogen-bond acceptors (Lipinski definition) is 3. The molecule has 78 valence electrons. The summed E-state index contributed by atoms with van der Waals surface area (Å²) in [5.41, 5.74) is 7.99. The zero-order chi connectivity index (χ0) is 10.6. The second kappa shape index (κ2) is 5.39. The van der Waals surface area contributed by atoms with Crippen LogP contribution in [0.1, 0.15) is 18.1 Å². The van der Waals surface area contributed by atoms with Crippen LogP contribution < -0.4 is 5.73 Å². The molecule has 1 unspecified atom stereocenters. The van der Waals surface area contributed by atoms with E-state index in [4.69, 9.17) is 10.8 Å².